The van der Waals surface area contributed by atoms with Gasteiger partial charge in [-0.25, -0.2) is 10.2 Å². The highest BCUT2D eigenvalue weighted by molar-refractivity contribution is 7.96. The fourth-order valence-corrected chi connectivity index (χ4v) is 4.86. The maximum Gasteiger partial charge on any atom is 0.407 e. The third-order valence-electron chi connectivity index (χ3n) is 6.98. The first-order chi connectivity index (χ1) is 20.2. The average Bonchev–Trinajstić information content (AvgIpc) is 3.32. The van der Waals surface area contributed by atoms with Gasteiger partial charge < -0.3 is 14.8 Å². The number of hydrogen-bond acceptors (Lipinski definition) is 8. The quantitative estimate of drug-likeness (QED) is 0.127. The van der Waals surface area contributed by atoms with Gasteiger partial charge in [0.05, 0.1) is 18.0 Å². The van der Waals surface area contributed by atoms with Crippen molar-refractivity contribution < 1.29 is 30.5 Å². The Bertz CT molecular complexity index is 1340. The zero-order valence-corrected chi connectivity index (χ0v) is 23.9. The second kappa shape index (κ2) is 13.8. The SMILES string of the molecule is [3H]ON(CCOC(=O)C(C)(C)CNC(=O)OCC1c2ccccc2-c2ccccc21)N[C@@H](Cc1ccccc1)C(=O)S. The van der Waals surface area contributed by atoms with Crippen LogP contribution in [-0.2, 0) is 25.5 Å². The van der Waals surface area contributed by atoms with Crippen molar-refractivity contribution in [1.29, 1.82) is 0 Å². The number of nitrogens with zero attached hydrogens (tertiary/aromatic N) is 1. The van der Waals surface area contributed by atoms with Crippen molar-refractivity contribution in [3.05, 3.63) is 95.6 Å². The molecule has 10 heteroatoms. The molecule has 3 aromatic rings. The predicted octanol–water partition coefficient (Wildman–Crippen LogP) is 4.36. The van der Waals surface area contributed by atoms with Crippen LogP contribution in [0.15, 0.2) is 78.9 Å². The van der Waals surface area contributed by atoms with Gasteiger partial charge in [-0.2, -0.15) is 0 Å². The van der Waals surface area contributed by atoms with E-state index in [2.05, 4.69) is 40.7 Å². The second-order valence-electron chi connectivity index (χ2n) is 10.5. The molecule has 3 N–H and O–H groups in total. The van der Waals surface area contributed by atoms with Gasteiger partial charge in [-0.1, -0.05) is 78.9 Å². The smallest absolute Gasteiger partial charge is 0.407 e. The molecule has 0 heterocycles. The summed E-state index contributed by atoms with van der Waals surface area (Å²) in [5.74, 6) is -0.625. The van der Waals surface area contributed by atoms with Crippen molar-refractivity contribution in [2.75, 3.05) is 26.3 Å². The molecule has 0 fully saturated rings. The molecule has 1 aliphatic carbocycles. The number of alkyl carbamates (subject to hydrolysis) is 1. The number of amides is 1. The molecule has 0 spiro atoms. The van der Waals surface area contributed by atoms with Gasteiger partial charge >= 0.3 is 12.1 Å². The minimum atomic E-state index is -1.05. The molecule has 1 amide bonds. The normalized spacial score (nSPS) is 13.6. The lowest BCUT2D eigenvalue weighted by molar-refractivity contribution is -0.170. The van der Waals surface area contributed by atoms with Crippen molar-refractivity contribution in [3.63, 3.8) is 0 Å². The summed E-state index contributed by atoms with van der Waals surface area (Å²) in [5, 5.41) is 7.78. The first kappa shape index (κ1) is 28.8. The number of hydrazine groups is 1. The summed E-state index contributed by atoms with van der Waals surface area (Å²) >= 11 is 3.93. The van der Waals surface area contributed by atoms with Crippen molar-refractivity contribution in [3.8, 4) is 11.1 Å². The number of nitrogens with one attached hydrogen (secondary N) is 2. The fourth-order valence-electron chi connectivity index (χ4n) is 4.71. The molecule has 0 unspecified atom stereocenters. The molecule has 0 aliphatic heterocycles. The number of fused-ring (bicyclic) bond motifs is 3. The highest BCUT2D eigenvalue weighted by atomic mass is 32.1. The van der Waals surface area contributed by atoms with Crippen LogP contribution in [0.1, 0.15) is 36.5 Å². The van der Waals surface area contributed by atoms with Gasteiger partial charge in [0.25, 0.3) is 0 Å². The van der Waals surface area contributed by atoms with Crippen LogP contribution < -0.4 is 10.7 Å². The van der Waals surface area contributed by atoms with Crippen LogP contribution in [0, 0.1) is 5.41 Å². The van der Waals surface area contributed by atoms with E-state index in [1.165, 1.54) is 0 Å². The molecule has 4 rings (SSSR count). The van der Waals surface area contributed by atoms with Crippen LogP contribution in [0.2, 0.25) is 1.43 Å². The molecular formula is C31H35N3O6S. The first-order valence-electron chi connectivity index (χ1n) is 13.8. The number of esters is 1. The van der Waals surface area contributed by atoms with Crippen LogP contribution in [0.25, 0.3) is 11.1 Å². The molecule has 0 saturated carbocycles. The van der Waals surface area contributed by atoms with Crippen LogP contribution in [-0.4, -0.2) is 59.9 Å². The minimum absolute atomic E-state index is 0.00722. The van der Waals surface area contributed by atoms with E-state index in [4.69, 9.17) is 10.9 Å². The number of benzene rings is 3. The van der Waals surface area contributed by atoms with E-state index in [-0.39, 0.29) is 32.2 Å². The molecule has 1 aliphatic rings. The maximum absolute atomic E-state index is 12.8. The Balaban J connectivity index is 1.21. The summed E-state index contributed by atoms with van der Waals surface area (Å²) in [4.78, 5) is 37.3. The van der Waals surface area contributed by atoms with Gasteiger partial charge in [0.2, 0.25) is 6.55 Å². The average molecular weight is 580 g/mol. The van der Waals surface area contributed by atoms with Gasteiger partial charge in [0.15, 0.2) is 0 Å². The van der Waals surface area contributed by atoms with E-state index in [1.807, 2.05) is 66.7 Å². The van der Waals surface area contributed by atoms with Gasteiger partial charge in [0, 0.05) is 12.5 Å². The first-order valence-corrected chi connectivity index (χ1v) is 13.8. The Morgan fingerprint density at radius 3 is 2.20 bits per heavy atom. The van der Waals surface area contributed by atoms with E-state index >= 15 is 0 Å². The number of carbonyl (C=O) groups excluding carboxylic acids is 3. The number of hydrogen-bond donors (Lipinski definition) is 4. The number of ether oxygens (including phenoxy) is 2. The Hall–Kier alpha value is -3.70. The Kier molecular flexibility index (Phi) is 9.68. The highest BCUT2D eigenvalue weighted by Crippen LogP contribution is 2.44. The lowest BCUT2D eigenvalue weighted by Gasteiger charge is -2.25. The molecule has 9 nitrogen and oxygen atoms in total. The van der Waals surface area contributed by atoms with Gasteiger partial charge in [-0.3, -0.25) is 14.8 Å². The topological polar surface area (TPSA) is 117 Å². The second-order valence-corrected chi connectivity index (χ2v) is 11.0. The zero-order valence-electron chi connectivity index (χ0n) is 24.0. The van der Waals surface area contributed by atoms with Gasteiger partial charge in [-0.15, -0.1) is 17.8 Å². The van der Waals surface area contributed by atoms with Gasteiger partial charge in [0.1, 0.15) is 13.2 Å². The number of thiol groups is 1. The van der Waals surface area contributed by atoms with Crippen molar-refractivity contribution in [2.24, 2.45) is 5.41 Å². The lowest BCUT2D eigenvalue weighted by atomic mass is 9.94. The van der Waals surface area contributed by atoms with E-state index in [0.717, 1.165) is 33.0 Å². The zero-order chi connectivity index (χ0) is 30.1. The summed E-state index contributed by atoms with van der Waals surface area (Å²) in [6.07, 6.45) is -0.297. The third kappa shape index (κ3) is 7.95. The molecule has 1 atom stereocenters. The molecule has 0 aromatic heterocycles. The summed E-state index contributed by atoms with van der Waals surface area (Å²) in [6, 6.07) is 24.7. The number of rotatable bonds is 14. The predicted molar refractivity (Wildman–Crippen MR) is 157 cm³/mol. The minimum Gasteiger partial charge on any atom is -0.464 e. The van der Waals surface area contributed by atoms with Crippen LogP contribution in [0.4, 0.5) is 4.79 Å². The standard InChI is InChI=1S/C31H35N3O6S/c1-31(2,29(36)39-17-16-34(38)33-27(28(35)41)18-21-10-4-3-5-11-21)20-32-30(37)40-19-26-24-14-8-6-12-22(24)23-13-7-9-15-25(23)26/h3-15,26-27,33,38H,16-20H2,1-2H3,(H,32,37)(H,35,41)/t27-/m0/s1/i38T. The molecule has 0 bridgehead atoms. The lowest BCUT2D eigenvalue weighted by Crippen LogP contribution is -2.48. The Morgan fingerprint density at radius 2 is 1.59 bits per heavy atom. The van der Waals surface area contributed by atoms with Crippen molar-refractivity contribution in [1.82, 2.24) is 15.9 Å². The van der Waals surface area contributed by atoms with Gasteiger partial charge in [-0.05, 0) is 48.1 Å². The van der Waals surface area contributed by atoms with Crippen LogP contribution in [0.3, 0.4) is 0 Å². The highest BCUT2D eigenvalue weighted by Gasteiger charge is 2.32. The molecule has 0 saturated heterocycles. The van der Waals surface area contributed by atoms with Crippen molar-refractivity contribution in [2.45, 2.75) is 32.2 Å². The molecular weight excluding hydrogens is 542 g/mol. The van der Waals surface area contributed by atoms with E-state index in [9.17, 15) is 14.4 Å². The number of carbonyl (C=O) groups is 3. The van der Waals surface area contributed by atoms with E-state index < -0.39 is 28.6 Å². The molecule has 3 aromatic carbocycles. The number of hydroxylamine groups is 1. The maximum atomic E-state index is 12.8. The van der Waals surface area contributed by atoms with Crippen molar-refractivity contribution >= 4 is 29.8 Å². The fraction of sp³-hybridized carbons (Fsp3) is 0.323. The summed E-state index contributed by atoms with van der Waals surface area (Å²) in [7, 11) is 0. The summed E-state index contributed by atoms with van der Waals surface area (Å²) in [6.45, 7) is 3.29. The largest absolute Gasteiger partial charge is 0.464 e. The van der Waals surface area contributed by atoms with E-state index in [0.29, 0.717) is 6.42 Å². The molecule has 41 heavy (non-hydrogen) atoms. The third-order valence-corrected chi connectivity index (χ3v) is 7.29. The molecule has 216 valence electrons. The van der Waals surface area contributed by atoms with Crippen LogP contribution >= 0.6 is 12.6 Å². The van der Waals surface area contributed by atoms with Crippen LogP contribution in [0.5, 0.6) is 0 Å². The Labute approximate surface area is 246 Å². The molecule has 0 radical (unpaired) electrons. The van der Waals surface area contributed by atoms with E-state index in [1.54, 1.807) is 13.8 Å². The monoisotopic (exact) mass is 579 g/mol. The summed E-state index contributed by atoms with van der Waals surface area (Å²) < 4.78 is 18.2. The summed E-state index contributed by atoms with van der Waals surface area (Å²) in [5.41, 5.74) is 7.14. The Morgan fingerprint density at radius 1 is 0.976 bits per heavy atom.